The van der Waals surface area contributed by atoms with Gasteiger partial charge in [-0.15, -0.1) is 24.0 Å². The van der Waals surface area contributed by atoms with Crippen LogP contribution in [0.4, 0.5) is 0 Å². The fourth-order valence-corrected chi connectivity index (χ4v) is 5.47. The molecule has 168 valence electrons. The number of halogens is 1. The Hall–Kier alpha value is -1.56. The summed E-state index contributed by atoms with van der Waals surface area (Å²) in [5, 5.41) is 9.39. The molecule has 2 unspecified atom stereocenters. The largest absolute Gasteiger partial charge is 0.487 e. The highest BCUT2D eigenvalue weighted by atomic mass is 127. The van der Waals surface area contributed by atoms with Crippen molar-refractivity contribution in [1.29, 1.82) is 0 Å². The molecule has 2 aliphatic rings. The standard InChI is InChI=1S/C20H30N4O4S.HI/c1-20(2)12-16(15-6-4-5-7-17(15)28-20)24-19(21-3)22-10-8-18(25)23-14-9-11-29(26,27)13-14;/h4-7,14,16H,8-13H2,1-3H3,(H,23,25)(H2,21,22,24);1H. The monoisotopic (exact) mass is 550 g/mol. The number of sulfone groups is 1. The number of ether oxygens (including phenoxy) is 1. The molecule has 1 fully saturated rings. The van der Waals surface area contributed by atoms with Crippen molar-refractivity contribution in [2.75, 3.05) is 25.1 Å². The van der Waals surface area contributed by atoms with Gasteiger partial charge in [0.25, 0.3) is 0 Å². The van der Waals surface area contributed by atoms with Gasteiger partial charge in [-0.05, 0) is 26.3 Å². The first-order valence-corrected chi connectivity index (χ1v) is 11.7. The van der Waals surface area contributed by atoms with Crippen LogP contribution in [-0.2, 0) is 14.6 Å². The molecule has 0 bridgehead atoms. The van der Waals surface area contributed by atoms with E-state index < -0.39 is 9.84 Å². The van der Waals surface area contributed by atoms with Crippen molar-refractivity contribution >= 4 is 45.7 Å². The van der Waals surface area contributed by atoms with E-state index in [1.165, 1.54) is 0 Å². The number of fused-ring (bicyclic) bond motifs is 1. The normalized spacial score (nSPS) is 24.0. The van der Waals surface area contributed by atoms with Gasteiger partial charge in [-0.2, -0.15) is 0 Å². The molecular formula is C20H31IN4O4S. The number of para-hydroxylation sites is 1. The molecular weight excluding hydrogens is 519 g/mol. The molecule has 30 heavy (non-hydrogen) atoms. The topological polar surface area (TPSA) is 109 Å². The van der Waals surface area contributed by atoms with Crippen LogP contribution in [0.5, 0.6) is 5.75 Å². The highest BCUT2D eigenvalue weighted by Crippen LogP contribution is 2.39. The number of hydrogen-bond acceptors (Lipinski definition) is 5. The molecule has 3 rings (SSSR count). The smallest absolute Gasteiger partial charge is 0.222 e. The van der Waals surface area contributed by atoms with Crippen LogP contribution in [0.2, 0.25) is 0 Å². The van der Waals surface area contributed by atoms with Gasteiger partial charge in [0.15, 0.2) is 15.8 Å². The predicted octanol–water partition coefficient (Wildman–Crippen LogP) is 1.77. The SMILES string of the molecule is CN=C(NCCC(=O)NC1CCS(=O)(=O)C1)NC1CC(C)(C)Oc2ccccc21.I. The third-order valence-corrected chi connectivity index (χ3v) is 6.92. The number of aliphatic imine (C=N–C) groups is 1. The average molecular weight is 550 g/mol. The van der Waals surface area contributed by atoms with Crippen molar-refractivity contribution < 1.29 is 17.9 Å². The summed E-state index contributed by atoms with van der Waals surface area (Å²) in [7, 11) is -1.31. The molecule has 0 aromatic heterocycles. The van der Waals surface area contributed by atoms with Crippen molar-refractivity contribution in [2.45, 2.75) is 50.8 Å². The molecule has 3 N–H and O–H groups in total. The molecule has 2 aliphatic heterocycles. The van der Waals surface area contributed by atoms with Crippen LogP contribution in [0.3, 0.4) is 0 Å². The van der Waals surface area contributed by atoms with Crippen molar-refractivity contribution in [3.05, 3.63) is 29.8 Å². The molecule has 0 aliphatic carbocycles. The summed E-state index contributed by atoms with van der Waals surface area (Å²) in [6, 6.07) is 7.72. The number of rotatable bonds is 5. The number of carbonyl (C=O) groups excluding carboxylic acids is 1. The van der Waals surface area contributed by atoms with Crippen LogP contribution in [0.1, 0.15) is 44.7 Å². The van der Waals surface area contributed by atoms with Gasteiger partial charge in [0, 0.05) is 38.0 Å². The minimum atomic E-state index is -3.00. The minimum Gasteiger partial charge on any atom is -0.487 e. The zero-order valence-electron chi connectivity index (χ0n) is 17.6. The van der Waals surface area contributed by atoms with Crippen LogP contribution in [0.15, 0.2) is 29.3 Å². The van der Waals surface area contributed by atoms with Gasteiger partial charge in [-0.25, -0.2) is 8.42 Å². The number of hydrogen-bond donors (Lipinski definition) is 3. The van der Waals surface area contributed by atoms with Gasteiger partial charge < -0.3 is 20.7 Å². The van der Waals surface area contributed by atoms with Crippen molar-refractivity contribution in [2.24, 2.45) is 4.99 Å². The van der Waals surface area contributed by atoms with E-state index >= 15 is 0 Å². The lowest BCUT2D eigenvalue weighted by atomic mass is 9.90. The summed E-state index contributed by atoms with van der Waals surface area (Å²) in [6.45, 7) is 4.52. The predicted molar refractivity (Wildman–Crippen MR) is 128 cm³/mol. The maximum atomic E-state index is 12.1. The Morgan fingerprint density at radius 2 is 2.00 bits per heavy atom. The molecule has 1 aromatic rings. The van der Waals surface area contributed by atoms with E-state index in [-0.39, 0.29) is 65.5 Å². The second-order valence-electron chi connectivity index (χ2n) is 8.22. The van der Waals surface area contributed by atoms with E-state index in [4.69, 9.17) is 4.74 Å². The van der Waals surface area contributed by atoms with Gasteiger partial charge in [-0.1, -0.05) is 18.2 Å². The fourth-order valence-electron chi connectivity index (χ4n) is 3.79. The van der Waals surface area contributed by atoms with E-state index in [2.05, 4.69) is 34.8 Å². The van der Waals surface area contributed by atoms with Crippen molar-refractivity contribution in [3.8, 4) is 5.75 Å². The first-order chi connectivity index (χ1) is 13.7. The van der Waals surface area contributed by atoms with Crippen LogP contribution >= 0.6 is 24.0 Å². The van der Waals surface area contributed by atoms with Gasteiger partial charge >= 0.3 is 0 Å². The van der Waals surface area contributed by atoms with Crippen molar-refractivity contribution in [1.82, 2.24) is 16.0 Å². The zero-order chi connectivity index (χ0) is 21.1. The number of benzene rings is 1. The Labute approximate surface area is 195 Å². The molecule has 10 heteroatoms. The number of guanidine groups is 1. The molecule has 2 atom stereocenters. The summed E-state index contributed by atoms with van der Waals surface area (Å²) < 4.78 is 29.0. The van der Waals surface area contributed by atoms with E-state index in [9.17, 15) is 13.2 Å². The van der Waals surface area contributed by atoms with Crippen LogP contribution in [-0.4, -0.2) is 57.0 Å². The number of nitrogens with zero attached hydrogens (tertiary/aromatic N) is 1. The molecule has 0 saturated carbocycles. The van der Waals surface area contributed by atoms with Gasteiger partial charge in [0.1, 0.15) is 11.4 Å². The van der Waals surface area contributed by atoms with Crippen molar-refractivity contribution in [3.63, 3.8) is 0 Å². The maximum absolute atomic E-state index is 12.1. The average Bonchev–Trinajstić information content (AvgIpc) is 2.98. The molecule has 1 saturated heterocycles. The van der Waals surface area contributed by atoms with E-state index in [1.807, 2.05) is 24.3 Å². The Bertz CT molecular complexity index is 889. The van der Waals surface area contributed by atoms with Crippen LogP contribution < -0.4 is 20.7 Å². The number of nitrogens with one attached hydrogen (secondary N) is 3. The van der Waals surface area contributed by atoms with Gasteiger partial charge in [0.2, 0.25) is 5.91 Å². The number of amides is 1. The Morgan fingerprint density at radius 1 is 1.27 bits per heavy atom. The highest BCUT2D eigenvalue weighted by Gasteiger charge is 2.34. The Morgan fingerprint density at radius 3 is 2.67 bits per heavy atom. The van der Waals surface area contributed by atoms with E-state index in [0.29, 0.717) is 18.9 Å². The Balaban J connectivity index is 0.00000320. The second-order valence-corrected chi connectivity index (χ2v) is 10.4. The van der Waals surface area contributed by atoms with Gasteiger partial charge in [-0.3, -0.25) is 9.79 Å². The molecule has 1 aromatic carbocycles. The maximum Gasteiger partial charge on any atom is 0.222 e. The minimum absolute atomic E-state index is 0. The first-order valence-electron chi connectivity index (χ1n) is 9.92. The van der Waals surface area contributed by atoms with Crippen LogP contribution in [0, 0.1) is 0 Å². The lowest BCUT2D eigenvalue weighted by Gasteiger charge is -2.38. The summed E-state index contributed by atoms with van der Waals surface area (Å²) in [5.74, 6) is 1.50. The molecule has 8 nitrogen and oxygen atoms in total. The van der Waals surface area contributed by atoms with E-state index in [1.54, 1.807) is 7.05 Å². The second kappa shape index (κ2) is 10.2. The third kappa shape index (κ3) is 6.73. The lowest BCUT2D eigenvalue weighted by molar-refractivity contribution is -0.121. The molecule has 1 amide bonds. The first kappa shape index (κ1) is 24.7. The highest BCUT2D eigenvalue weighted by molar-refractivity contribution is 14.0. The summed E-state index contributed by atoms with van der Waals surface area (Å²) >= 11 is 0. The molecule has 0 spiro atoms. The van der Waals surface area contributed by atoms with E-state index in [0.717, 1.165) is 17.7 Å². The summed E-state index contributed by atoms with van der Waals surface area (Å²) in [5.41, 5.74) is 0.779. The Kier molecular flexibility index (Phi) is 8.37. The lowest BCUT2D eigenvalue weighted by Crippen LogP contribution is -2.46. The van der Waals surface area contributed by atoms with Crippen LogP contribution in [0.25, 0.3) is 0 Å². The molecule has 0 radical (unpaired) electrons. The molecule has 2 heterocycles. The summed E-state index contributed by atoms with van der Waals surface area (Å²) in [6.07, 6.45) is 1.51. The quantitative estimate of drug-likeness (QED) is 0.293. The summed E-state index contributed by atoms with van der Waals surface area (Å²) in [4.78, 5) is 16.4. The number of carbonyl (C=O) groups is 1. The third-order valence-electron chi connectivity index (χ3n) is 5.15. The van der Waals surface area contributed by atoms with Gasteiger partial charge in [0.05, 0.1) is 17.5 Å². The fraction of sp³-hybridized carbons (Fsp3) is 0.600. The zero-order valence-corrected chi connectivity index (χ0v) is 20.8.